The van der Waals surface area contributed by atoms with Gasteiger partial charge in [0.2, 0.25) is 0 Å². The Labute approximate surface area is 140 Å². The second-order valence-corrected chi connectivity index (χ2v) is 7.46. The molecule has 1 aromatic heterocycles. The summed E-state index contributed by atoms with van der Waals surface area (Å²) in [4.78, 5) is 18.7. The van der Waals surface area contributed by atoms with E-state index in [1.54, 1.807) is 49.6 Å². The van der Waals surface area contributed by atoms with Crippen LogP contribution in [0.4, 0.5) is 5.69 Å². The Bertz CT molecular complexity index is 1020. The Morgan fingerprint density at radius 1 is 1.00 bits per heavy atom. The molecule has 0 aliphatic rings. The molecule has 2 aromatic carbocycles. The van der Waals surface area contributed by atoms with Gasteiger partial charge in [0.1, 0.15) is 0 Å². The van der Waals surface area contributed by atoms with Crippen molar-refractivity contribution < 1.29 is 13.2 Å². The Morgan fingerprint density at radius 3 is 2.50 bits per heavy atom. The van der Waals surface area contributed by atoms with Crippen LogP contribution in [0.5, 0.6) is 0 Å². The van der Waals surface area contributed by atoms with Crippen molar-refractivity contribution in [3.63, 3.8) is 0 Å². The van der Waals surface area contributed by atoms with E-state index in [2.05, 4.69) is 4.98 Å². The maximum Gasteiger partial charge on any atom is 0.258 e. The molecule has 0 saturated carbocycles. The third-order valence-corrected chi connectivity index (χ3v) is 4.95. The standard InChI is InChI=1S/C18H16N2O3S/c1-20(16-10-3-4-11-17(16)24(2,22)23)18(21)14-7-5-9-15-13(14)8-6-12-19-15/h3-12H,1-2H3. The number of nitrogens with zero attached hydrogens (tertiary/aromatic N) is 2. The third kappa shape index (κ3) is 2.88. The molecule has 6 heteroatoms. The number of hydrogen-bond donors (Lipinski definition) is 0. The van der Waals surface area contributed by atoms with Crippen LogP contribution in [0.15, 0.2) is 65.7 Å². The third-order valence-electron chi connectivity index (χ3n) is 3.81. The van der Waals surface area contributed by atoms with Crippen molar-refractivity contribution in [1.82, 2.24) is 4.98 Å². The lowest BCUT2D eigenvalue weighted by Crippen LogP contribution is -2.28. The highest BCUT2D eigenvalue weighted by Gasteiger charge is 2.21. The second kappa shape index (κ2) is 6.05. The van der Waals surface area contributed by atoms with Crippen LogP contribution >= 0.6 is 0 Å². The average Bonchev–Trinajstić information content (AvgIpc) is 2.59. The van der Waals surface area contributed by atoms with E-state index in [9.17, 15) is 13.2 Å². The van der Waals surface area contributed by atoms with Crippen molar-refractivity contribution in [2.45, 2.75) is 4.90 Å². The summed E-state index contributed by atoms with van der Waals surface area (Å²) in [6.45, 7) is 0. The molecule has 0 aliphatic heterocycles. The van der Waals surface area contributed by atoms with Gasteiger partial charge in [-0.05, 0) is 30.3 Å². The Balaban J connectivity index is 2.11. The Morgan fingerprint density at radius 2 is 1.75 bits per heavy atom. The van der Waals surface area contributed by atoms with Gasteiger partial charge < -0.3 is 4.90 Å². The summed E-state index contributed by atoms with van der Waals surface area (Å²) in [5.41, 5.74) is 1.55. The first-order chi connectivity index (χ1) is 11.4. The summed E-state index contributed by atoms with van der Waals surface area (Å²) in [5, 5.41) is 0.730. The molecule has 0 fully saturated rings. The highest BCUT2D eigenvalue weighted by Crippen LogP contribution is 2.26. The minimum atomic E-state index is -3.44. The lowest BCUT2D eigenvalue weighted by molar-refractivity contribution is 0.0994. The molecule has 0 N–H and O–H groups in total. The summed E-state index contributed by atoms with van der Waals surface area (Å²) in [5.74, 6) is -0.287. The molecule has 1 amide bonds. The van der Waals surface area contributed by atoms with E-state index in [0.717, 1.165) is 11.6 Å². The van der Waals surface area contributed by atoms with Gasteiger partial charge >= 0.3 is 0 Å². The van der Waals surface area contributed by atoms with Crippen LogP contribution in [-0.4, -0.2) is 32.6 Å². The fourth-order valence-electron chi connectivity index (χ4n) is 2.63. The van der Waals surface area contributed by atoms with Gasteiger partial charge in [0, 0.05) is 30.4 Å². The first-order valence-electron chi connectivity index (χ1n) is 7.30. The van der Waals surface area contributed by atoms with Gasteiger partial charge in [0.15, 0.2) is 9.84 Å². The fraction of sp³-hybridized carbons (Fsp3) is 0.111. The van der Waals surface area contributed by atoms with Gasteiger partial charge in [-0.3, -0.25) is 9.78 Å². The smallest absolute Gasteiger partial charge is 0.258 e. The molecular weight excluding hydrogens is 324 g/mol. The number of rotatable bonds is 3. The predicted molar refractivity (Wildman–Crippen MR) is 94.0 cm³/mol. The van der Waals surface area contributed by atoms with Crippen LogP contribution in [0.2, 0.25) is 0 Å². The monoisotopic (exact) mass is 340 g/mol. The Kier molecular flexibility index (Phi) is 4.07. The number of carbonyl (C=O) groups is 1. The molecule has 0 aliphatic carbocycles. The van der Waals surface area contributed by atoms with Crippen molar-refractivity contribution in [2.75, 3.05) is 18.2 Å². The number of sulfone groups is 1. The number of hydrogen-bond acceptors (Lipinski definition) is 4. The zero-order valence-corrected chi connectivity index (χ0v) is 14.1. The maximum atomic E-state index is 12.9. The lowest BCUT2D eigenvalue weighted by atomic mass is 10.1. The minimum Gasteiger partial charge on any atom is -0.310 e. The second-order valence-electron chi connectivity index (χ2n) is 5.48. The molecule has 5 nitrogen and oxygen atoms in total. The van der Waals surface area contributed by atoms with Gasteiger partial charge in [0.05, 0.1) is 16.1 Å². The van der Waals surface area contributed by atoms with E-state index in [1.807, 2.05) is 12.1 Å². The molecule has 3 aromatic rings. The highest BCUT2D eigenvalue weighted by molar-refractivity contribution is 7.90. The summed E-state index contributed by atoms with van der Waals surface area (Å²) in [7, 11) is -1.87. The quantitative estimate of drug-likeness (QED) is 0.735. The fourth-order valence-corrected chi connectivity index (χ4v) is 3.54. The maximum absolute atomic E-state index is 12.9. The molecular formula is C18H16N2O3S. The number of benzene rings is 2. The molecule has 1 heterocycles. The number of aromatic nitrogens is 1. The Hall–Kier alpha value is -2.73. The number of anilines is 1. The van der Waals surface area contributed by atoms with Crippen LogP contribution in [-0.2, 0) is 9.84 Å². The molecule has 122 valence electrons. The number of pyridine rings is 1. The summed E-state index contributed by atoms with van der Waals surface area (Å²) in [6.07, 6.45) is 2.80. The SMILES string of the molecule is CN(C(=O)c1cccc2ncccc12)c1ccccc1S(C)(=O)=O. The van der Waals surface area contributed by atoms with Crippen LogP contribution in [0, 0.1) is 0 Å². The van der Waals surface area contributed by atoms with E-state index in [-0.39, 0.29) is 10.8 Å². The zero-order chi connectivity index (χ0) is 17.3. The molecule has 24 heavy (non-hydrogen) atoms. The average molecular weight is 340 g/mol. The predicted octanol–water partition coefficient (Wildman–Crippen LogP) is 2.91. The molecule has 0 atom stereocenters. The highest BCUT2D eigenvalue weighted by atomic mass is 32.2. The van der Waals surface area contributed by atoms with Gasteiger partial charge in [-0.1, -0.05) is 24.3 Å². The lowest BCUT2D eigenvalue weighted by Gasteiger charge is -2.20. The summed E-state index contributed by atoms with van der Waals surface area (Å²) in [6, 6.07) is 15.4. The van der Waals surface area contributed by atoms with E-state index >= 15 is 0 Å². The van der Waals surface area contributed by atoms with E-state index in [0.29, 0.717) is 16.8 Å². The molecule has 0 radical (unpaired) electrons. The van der Waals surface area contributed by atoms with Crippen molar-refractivity contribution in [3.05, 3.63) is 66.4 Å². The molecule has 0 saturated heterocycles. The topological polar surface area (TPSA) is 67.3 Å². The van der Waals surface area contributed by atoms with Crippen LogP contribution < -0.4 is 4.90 Å². The first-order valence-corrected chi connectivity index (χ1v) is 9.19. The first kappa shape index (κ1) is 16.1. The van der Waals surface area contributed by atoms with Gasteiger partial charge in [-0.15, -0.1) is 0 Å². The van der Waals surface area contributed by atoms with Gasteiger partial charge in [0.25, 0.3) is 5.91 Å². The van der Waals surface area contributed by atoms with Gasteiger partial charge in [-0.25, -0.2) is 8.42 Å². The van der Waals surface area contributed by atoms with Crippen molar-refractivity contribution in [3.8, 4) is 0 Å². The number of fused-ring (bicyclic) bond motifs is 1. The molecule has 0 unspecified atom stereocenters. The summed E-state index contributed by atoms with van der Waals surface area (Å²) >= 11 is 0. The number of para-hydroxylation sites is 1. The van der Waals surface area contributed by atoms with Crippen molar-refractivity contribution in [1.29, 1.82) is 0 Å². The van der Waals surface area contributed by atoms with E-state index in [1.165, 1.54) is 11.0 Å². The molecule has 3 rings (SSSR count). The van der Waals surface area contributed by atoms with Crippen LogP contribution in [0.3, 0.4) is 0 Å². The zero-order valence-electron chi connectivity index (χ0n) is 13.3. The minimum absolute atomic E-state index is 0.124. The largest absolute Gasteiger partial charge is 0.310 e. The normalized spacial score (nSPS) is 11.4. The molecule has 0 bridgehead atoms. The van der Waals surface area contributed by atoms with E-state index in [4.69, 9.17) is 0 Å². The van der Waals surface area contributed by atoms with Crippen molar-refractivity contribution >= 4 is 32.3 Å². The van der Waals surface area contributed by atoms with Crippen LogP contribution in [0.25, 0.3) is 10.9 Å². The van der Waals surface area contributed by atoms with E-state index < -0.39 is 9.84 Å². The number of amides is 1. The van der Waals surface area contributed by atoms with Gasteiger partial charge in [-0.2, -0.15) is 0 Å². The van der Waals surface area contributed by atoms with Crippen LogP contribution in [0.1, 0.15) is 10.4 Å². The van der Waals surface area contributed by atoms with Crippen molar-refractivity contribution in [2.24, 2.45) is 0 Å². The number of carbonyl (C=O) groups excluding carboxylic acids is 1. The molecule has 0 spiro atoms. The summed E-state index contributed by atoms with van der Waals surface area (Å²) < 4.78 is 24.0.